The van der Waals surface area contributed by atoms with Crippen LogP contribution in [0.2, 0.25) is 0 Å². The summed E-state index contributed by atoms with van der Waals surface area (Å²) in [4.78, 5) is 51.8. The number of nitrogens with two attached hydrogens (primary N) is 4. The second kappa shape index (κ2) is 15.0. The zero-order chi connectivity index (χ0) is 24.0. The summed E-state index contributed by atoms with van der Waals surface area (Å²) in [5, 5.41) is 16.2. The van der Waals surface area contributed by atoms with Crippen LogP contribution in [-0.2, 0) is 19.2 Å². The zero-order valence-electron chi connectivity index (χ0n) is 18.1. The Morgan fingerprint density at radius 2 is 1.48 bits per heavy atom. The van der Waals surface area contributed by atoms with Crippen LogP contribution in [0.5, 0.6) is 0 Å². The summed E-state index contributed by atoms with van der Waals surface area (Å²) in [5.74, 6) is -3.09. The van der Waals surface area contributed by atoms with Gasteiger partial charge in [-0.3, -0.25) is 24.2 Å². The molecule has 0 radical (unpaired) electrons. The van der Waals surface area contributed by atoms with Crippen LogP contribution in [0, 0.1) is 0 Å². The third-order valence-electron chi connectivity index (χ3n) is 4.37. The van der Waals surface area contributed by atoms with E-state index in [-0.39, 0.29) is 18.9 Å². The number of amides is 3. The molecule has 0 spiro atoms. The van der Waals surface area contributed by atoms with E-state index in [0.717, 1.165) is 6.42 Å². The molecule has 3 amide bonds. The van der Waals surface area contributed by atoms with Gasteiger partial charge >= 0.3 is 5.97 Å². The molecule has 13 heteroatoms. The van der Waals surface area contributed by atoms with Crippen LogP contribution in [0.3, 0.4) is 0 Å². The summed E-state index contributed by atoms with van der Waals surface area (Å²) in [6, 6.07) is -3.93. The van der Waals surface area contributed by atoms with E-state index in [4.69, 9.17) is 28.0 Å². The fraction of sp³-hybridized carbons (Fsp3) is 0.722. The number of aliphatic imine (C=N–C) groups is 1. The molecule has 0 saturated heterocycles. The molecule has 0 aromatic heterocycles. The lowest BCUT2D eigenvalue weighted by Gasteiger charge is -2.23. The number of rotatable bonds is 15. The number of guanidine groups is 1. The summed E-state index contributed by atoms with van der Waals surface area (Å²) < 4.78 is 0. The second-order valence-corrected chi connectivity index (χ2v) is 7.20. The van der Waals surface area contributed by atoms with Gasteiger partial charge in [0.15, 0.2) is 5.96 Å². The summed E-state index contributed by atoms with van der Waals surface area (Å²) in [6.07, 6.45) is 2.40. The molecule has 13 nitrogen and oxygen atoms in total. The van der Waals surface area contributed by atoms with Gasteiger partial charge in [-0.05, 0) is 46.1 Å². The maximum absolute atomic E-state index is 12.7. The SMILES string of the molecule is CC(NC(=O)C(C)NC(=O)C(CCCN=C(N)N)NC(=O)C(N)CCCCN)C(=O)O. The topological polar surface area (TPSA) is 241 Å². The van der Waals surface area contributed by atoms with E-state index in [1.165, 1.54) is 13.8 Å². The van der Waals surface area contributed by atoms with Crippen LogP contribution in [0.15, 0.2) is 4.99 Å². The first-order chi connectivity index (χ1) is 14.5. The monoisotopic (exact) mass is 444 g/mol. The molecular formula is C18H36N8O5. The third-order valence-corrected chi connectivity index (χ3v) is 4.37. The Hall–Kier alpha value is -2.93. The minimum Gasteiger partial charge on any atom is -0.480 e. The lowest BCUT2D eigenvalue weighted by molar-refractivity contribution is -0.141. The molecule has 0 saturated carbocycles. The Morgan fingerprint density at radius 1 is 0.871 bits per heavy atom. The van der Waals surface area contributed by atoms with E-state index >= 15 is 0 Å². The minimum atomic E-state index is -1.21. The Kier molecular flexibility index (Phi) is 13.5. The zero-order valence-corrected chi connectivity index (χ0v) is 18.1. The molecule has 31 heavy (non-hydrogen) atoms. The molecule has 0 aromatic rings. The van der Waals surface area contributed by atoms with Crippen LogP contribution < -0.4 is 38.9 Å². The fourth-order valence-electron chi connectivity index (χ4n) is 2.47. The number of carbonyl (C=O) groups is 4. The Labute approximate surface area is 181 Å². The number of carboxylic acids is 1. The van der Waals surface area contributed by atoms with Gasteiger partial charge in [-0.15, -0.1) is 0 Å². The highest BCUT2D eigenvalue weighted by Crippen LogP contribution is 2.03. The molecule has 4 unspecified atom stereocenters. The molecule has 178 valence electrons. The first kappa shape index (κ1) is 28.1. The Bertz CT molecular complexity index is 638. The first-order valence-corrected chi connectivity index (χ1v) is 10.1. The number of carboxylic acid groups (broad SMARTS) is 1. The third kappa shape index (κ3) is 12.4. The highest BCUT2D eigenvalue weighted by Gasteiger charge is 2.27. The first-order valence-electron chi connectivity index (χ1n) is 10.1. The van der Waals surface area contributed by atoms with Gasteiger partial charge in [-0.1, -0.05) is 6.42 Å². The van der Waals surface area contributed by atoms with Crippen LogP contribution in [0.1, 0.15) is 46.0 Å². The Balaban J connectivity index is 5.01. The van der Waals surface area contributed by atoms with Gasteiger partial charge in [0.2, 0.25) is 17.7 Å². The smallest absolute Gasteiger partial charge is 0.325 e. The minimum absolute atomic E-state index is 0.0928. The van der Waals surface area contributed by atoms with Crippen molar-refractivity contribution in [2.75, 3.05) is 13.1 Å². The quantitative estimate of drug-likeness (QED) is 0.0731. The van der Waals surface area contributed by atoms with Crippen molar-refractivity contribution < 1.29 is 24.3 Å². The second-order valence-electron chi connectivity index (χ2n) is 7.20. The highest BCUT2D eigenvalue weighted by atomic mass is 16.4. The summed E-state index contributed by atoms with van der Waals surface area (Å²) >= 11 is 0. The van der Waals surface area contributed by atoms with E-state index < -0.39 is 47.9 Å². The molecule has 0 aliphatic rings. The predicted molar refractivity (Wildman–Crippen MR) is 116 cm³/mol. The fourth-order valence-corrected chi connectivity index (χ4v) is 2.47. The van der Waals surface area contributed by atoms with Gasteiger partial charge < -0.3 is 44.0 Å². The number of hydrogen-bond acceptors (Lipinski definition) is 7. The lowest BCUT2D eigenvalue weighted by atomic mass is 10.1. The highest BCUT2D eigenvalue weighted by molar-refractivity contribution is 5.93. The number of nitrogens with zero attached hydrogens (tertiary/aromatic N) is 1. The molecule has 12 N–H and O–H groups in total. The van der Waals surface area contributed by atoms with Crippen LogP contribution >= 0.6 is 0 Å². The standard InChI is InChI=1S/C18H36N8O5/c1-10(14(27)25-11(2)17(30)31)24-16(29)13(7-5-9-23-18(21)22)26-15(28)12(20)6-3-4-8-19/h10-13H,3-9,19-20H2,1-2H3,(H,24,29)(H,25,27)(H,26,28)(H,30,31)(H4,21,22,23). The van der Waals surface area contributed by atoms with Crippen molar-refractivity contribution in [3.05, 3.63) is 0 Å². The van der Waals surface area contributed by atoms with Gasteiger partial charge in [0.1, 0.15) is 18.1 Å². The molecule has 0 aliphatic carbocycles. The number of unbranched alkanes of at least 4 members (excludes halogenated alkanes) is 1. The normalized spacial score (nSPS) is 14.5. The maximum Gasteiger partial charge on any atom is 0.325 e. The van der Waals surface area contributed by atoms with Crippen molar-refractivity contribution in [2.45, 2.75) is 70.1 Å². The van der Waals surface area contributed by atoms with Crippen LogP contribution in [0.4, 0.5) is 0 Å². The van der Waals surface area contributed by atoms with Crippen molar-refractivity contribution in [2.24, 2.45) is 27.9 Å². The molecular weight excluding hydrogens is 408 g/mol. The van der Waals surface area contributed by atoms with E-state index in [2.05, 4.69) is 20.9 Å². The molecule has 0 fully saturated rings. The van der Waals surface area contributed by atoms with Crippen LogP contribution in [0.25, 0.3) is 0 Å². The van der Waals surface area contributed by atoms with E-state index in [1.807, 2.05) is 0 Å². The molecule has 0 rings (SSSR count). The van der Waals surface area contributed by atoms with E-state index in [9.17, 15) is 19.2 Å². The number of nitrogens with one attached hydrogen (secondary N) is 3. The van der Waals surface area contributed by atoms with Crippen LogP contribution in [-0.4, -0.2) is 72.0 Å². The molecule has 0 aliphatic heterocycles. The molecule has 0 aromatic carbocycles. The van der Waals surface area contributed by atoms with Crippen molar-refractivity contribution in [3.63, 3.8) is 0 Å². The molecule has 0 bridgehead atoms. The van der Waals surface area contributed by atoms with Gasteiger partial charge in [-0.2, -0.15) is 0 Å². The van der Waals surface area contributed by atoms with Crippen molar-refractivity contribution >= 4 is 29.7 Å². The summed E-state index contributed by atoms with van der Waals surface area (Å²) in [5.41, 5.74) is 21.9. The van der Waals surface area contributed by atoms with Gasteiger partial charge in [0, 0.05) is 6.54 Å². The predicted octanol–water partition coefficient (Wildman–Crippen LogP) is -2.92. The average Bonchev–Trinajstić information content (AvgIpc) is 2.69. The Morgan fingerprint density at radius 3 is 2.03 bits per heavy atom. The number of carbonyl (C=O) groups excluding carboxylic acids is 3. The summed E-state index contributed by atoms with van der Waals surface area (Å²) in [7, 11) is 0. The number of hydrogen-bond donors (Lipinski definition) is 8. The van der Waals surface area contributed by atoms with Crippen molar-refractivity contribution in [3.8, 4) is 0 Å². The van der Waals surface area contributed by atoms with Gasteiger partial charge in [0.05, 0.1) is 6.04 Å². The van der Waals surface area contributed by atoms with Gasteiger partial charge in [0.25, 0.3) is 0 Å². The van der Waals surface area contributed by atoms with Crippen molar-refractivity contribution in [1.82, 2.24) is 16.0 Å². The average molecular weight is 445 g/mol. The van der Waals surface area contributed by atoms with Crippen molar-refractivity contribution in [1.29, 1.82) is 0 Å². The van der Waals surface area contributed by atoms with Gasteiger partial charge in [-0.25, -0.2) is 0 Å². The largest absolute Gasteiger partial charge is 0.480 e. The molecule has 0 heterocycles. The summed E-state index contributed by atoms with van der Waals surface area (Å²) in [6.45, 7) is 3.44. The van der Waals surface area contributed by atoms with E-state index in [0.29, 0.717) is 25.8 Å². The molecule has 4 atom stereocenters. The van der Waals surface area contributed by atoms with E-state index in [1.54, 1.807) is 0 Å². The maximum atomic E-state index is 12.7. The number of aliphatic carboxylic acids is 1. The lowest BCUT2D eigenvalue weighted by Crippen LogP contribution is -2.56.